The van der Waals surface area contributed by atoms with Crippen LogP contribution in [0.15, 0.2) is 18.2 Å². The Morgan fingerprint density at radius 1 is 1.38 bits per heavy atom. The number of carboxylic acids is 1. The highest BCUT2D eigenvalue weighted by atomic mass is 19.1. The van der Waals surface area contributed by atoms with Crippen molar-refractivity contribution < 1.29 is 23.8 Å². The Bertz CT molecular complexity index is 550. The standard InChI is InChI=1S/C14H17FN2O4/c1-21-12-4-2-3-11(12)17-14(20)16-8-5-6-9(13(18)19)10(15)7-8/h5-7,11-12H,2-4H2,1H3,(H,18,19)(H2,16,17,20). The molecule has 114 valence electrons. The van der Waals surface area contributed by atoms with E-state index >= 15 is 0 Å². The summed E-state index contributed by atoms with van der Waals surface area (Å²) in [6.07, 6.45) is 2.69. The fourth-order valence-electron chi connectivity index (χ4n) is 2.48. The Labute approximate surface area is 121 Å². The Hall–Kier alpha value is -2.15. The fraction of sp³-hybridized carbons (Fsp3) is 0.429. The fourth-order valence-corrected chi connectivity index (χ4v) is 2.48. The van der Waals surface area contributed by atoms with Gasteiger partial charge in [-0.1, -0.05) is 0 Å². The van der Waals surface area contributed by atoms with E-state index in [1.54, 1.807) is 7.11 Å². The maximum Gasteiger partial charge on any atom is 0.338 e. The molecule has 0 bridgehead atoms. The first-order chi connectivity index (χ1) is 10.0. The van der Waals surface area contributed by atoms with Crippen LogP contribution in [-0.2, 0) is 4.74 Å². The van der Waals surface area contributed by atoms with Gasteiger partial charge in [0.15, 0.2) is 0 Å². The van der Waals surface area contributed by atoms with Crippen LogP contribution in [0.2, 0.25) is 0 Å². The molecule has 0 spiro atoms. The number of methoxy groups -OCH3 is 1. The van der Waals surface area contributed by atoms with Crippen LogP contribution in [0.25, 0.3) is 0 Å². The molecule has 2 atom stereocenters. The number of ether oxygens (including phenoxy) is 1. The Balaban J connectivity index is 1.96. The first kappa shape index (κ1) is 15.2. The molecule has 0 saturated heterocycles. The van der Waals surface area contributed by atoms with Crippen molar-refractivity contribution in [3.8, 4) is 0 Å². The van der Waals surface area contributed by atoms with E-state index in [2.05, 4.69) is 10.6 Å². The molecule has 6 nitrogen and oxygen atoms in total. The summed E-state index contributed by atoms with van der Waals surface area (Å²) in [6, 6.07) is 2.89. The molecule has 1 fully saturated rings. The number of halogens is 1. The van der Waals surface area contributed by atoms with E-state index in [-0.39, 0.29) is 17.8 Å². The maximum absolute atomic E-state index is 13.5. The number of aromatic carboxylic acids is 1. The van der Waals surface area contributed by atoms with E-state index < -0.39 is 23.4 Å². The van der Waals surface area contributed by atoms with Crippen molar-refractivity contribution in [3.63, 3.8) is 0 Å². The predicted molar refractivity (Wildman–Crippen MR) is 73.9 cm³/mol. The first-order valence-electron chi connectivity index (χ1n) is 6.64. The lowest BCUT2D eigenvalue weighted by Crippen LogP contribution is -2.42. The molecule has 1 aliphatic rings. The number of rotatable bonds is 4. The van der Waals surface area contributed by atoms with Crippen molar-refractivity contribution in [2.24, 2.45) is 0 Å². The van der Waals surface area contributed by atoms with Crippen LogP contribution in [0.4, 0.5) is 14.9 Å². The van der Waals surface area contributed by atoms with E-state index in [1.807, 2.05) is 0 Å². The van der Waals surface area contributed by atoms with Gasteiger partial charge in [-0.3, -0.25) is 0 Å². The first-order valence-corrected chi connectivity index (χ1v) is 6.64. The van der Waals surface area contributed by atoms with Crippen LogP contribution >= 0.6 is 0 Å². The van der Waals surface area contributed by atoms with Crippen molar-refractivity contribution >= 4 is 17.7 Å². The molecule has 2 rings (SSSR count). The molecule has 1 aromatic rings. The molecule has 0 aliphatic heterocycles. The molecule has 1 aromatic carbocycles. The molecule has 3 N–H and O–H groups in total. The second-order valence-corrected chi connectivity index (χ2v) is 4.91. The molecule has 2 unspecified atom stereocenters. The highest BCUT2D eigenvalue weighted by molar-refractivity contribution is 5.91. The number of nitrogens with one attached hydrogen (secondary N) is 2. The number of anilines is 1. The van der Waals surface area contributed by atoms with Gasteiger partial charge in [0.1, 0.15) is 5.82 Å². The highest BCUT2D eigenvalue weighted by Crippen LogP contribution is 2.21. The summed E-state index contributed by atoms with van der Waals surface area (Å²) >= 11 is 0. The Morgan fingerprint density at radius 2 is 2.14 bits per heavy atom. The van der Waals surface area contributed by atoms with Crippen LogP contribution in [0.5, 0.6) is 0 Å². The minimum Gasteiger partial charge on any atom is -0.478 e. The largest absolute Gasteiger partial charge is 0.478 e. The van der Waals surface area contributed by atoms with Gasteiger partial charge in [-0.25, -0.2) is 14.0 Å². The molecule has 0 radical (unpaired) electrons. The third-order valence-electron chi connectivity index (χ3n) is 3.53. The molecule has 0 aromatic heterocycles. The van der Waals surface area contributed by atoms with Crippen LogP contribution < -0.4 is 10.6 Å². The maximum atomic E-state index is 13.5. The Kier molecular flexibility index (Phi) is 4.74. The lowest BCUT2D eigenvalue weighted by Gasteiger charge is -2.19. The number of carboxylic acid groups (broad SMARTS) is 1. The Morgan fingerprint density at radius 3 is 2.76 bits per heavy atom. The normalized spacial score (nSPS) is 21.0. The minimum absolute atomic E-state index is 0.0122. The quantitative estimate of drug-likeness (QED) is 0.795. The van der Waals surface area contributed by atoms with Crippen molar-refractivity contribution in [1.29, 1.82) is 0 Å². The van der Waals surface area contributed by atoms with E-state index in [4.69, 9.17) is 9.84 Å². The van der Waals surface area contributed by atoms with Crippen molar-refractivity contribution in [2.45, 2.75) is 31.4 Å². The van der Waals surface area contributed by atoms with Crippen LogP contribution in [-0.4, -0.2) is 36.4 Å². The van der Waals surface area contributed by atoms with Gasteiger partial charge in [0.25, 0.3) is 0 Å². The van der Waals surface area contributed by atoms with Gasteiger partial charge in [0, 0.05) is 12.8 Å². The summed E-state index contributed by atoms with van der Waals surface area (Å²) in [6.45, 7) is 0. The molecular weight excluding hydrogens is 279 g/mol. The summed E-state index contributed by atoms with van der Waals surface area (Å²) in [5, 5.41) is 14.0. The summed E-state index contributed by atoms with van der Waals surface area (Å²) in [7, 11) is 1.60. The second kappa shape index (κ2) is 6.53. The third-order valence-corrected chi connectivity index (χ3v) is 3.53. The number of benzene rings is 1. The van der Waals surface area contributed by atoms with Gasteiger partial charge < -0.3 is 20.5 Å². The van der Waals surface area contributed by atoms with Crippen molar-refractivity contribution in [1.82, 2.24) is 5.32 Å². The van der Waals surface area contributed by atoms with Gasteiger partial charge in [0.2, 0.25) is 0 Å². The van der Waals surface area contributed by atoms with Gasteiger partial charge in [0.05, 0.1) is 17.7 Å². The minimum atomic E-state index is -1.35. The van der Waals surface area contributed by atoms with Crippen LogP contribution in [0.3, 0.4) is 0 Å². The SMILES string of the molecule is COC1CCCC1NC(=O)Nc1ccc(C(=O)O)c(F)c1. The van der Waals surface area contributed by atoms with Crippen LogP contribution in [0.1, 0.15) is 29.6 Å². The molecule has 7 heteroatoms. The van der Waals surface area contributed by atoms with Gasteiger partial charge in [-0.2, -0.15) is 0 Å². The highest BCUT2D eigenvalue weighted by Gasteiger charge is 2.28. The second-order valence-electron chi connectivity index (χ2n) is 4.91. The molecule has 1 aliphatic carbocycles. The number of carbonyl (C=O) groups excluding carboxylic acids is 1. The molecule has 1 saturated carbocycles. The lowest BCUT2D eigenvalue weighted by atomic mass is 10.2. The number of hydrogen-bond donors (Lipinski definition) is 3. The van der Waals surface area contributed by atoms with Crippen LogP contribution in [0, 0.1) is 5.82 Å². The molecular formula is C14H17FN2O4. The topological polar surface area (TPSA) is 87.7 Å². The average molecular weight is 296 g/mol. The zero-order chi connectivity index (χ0) is 15.4. The number of carbonyl (C=O) groups is 2. The smallest absolute Gasteiger partial charge is 0.338 e. The van der Waals surface area contributed by atoms with Gasteiger partial charge in [-0.05, 0) is 37.5 Å². The molecule has 2 amide bonds. The summed E-state index contributed by atoms with van der Waals surface area (Å²) < 4.78 is 18.8. The number of hydrogen-bond acceptors (Lipinski definition) is 3. The van der Waals surface area contributed by atoms with Crippen molar-refractivity contribution in [2.75, 3.05) is 12.4 Å². The molecule has 0 heterocycles. The van der Waals surface area contributed by atoms with Gasteiger partial charge in [-0.15, -0.1) is 0 Å². The lowest BCUT2D eigenvalue weighted by molar-refractivity contribution is 0.0692. The van der Waals surface area contributed by atoms with E-state index in [0.717, 1.165) is 31.4 Å². The zero-order valence-electron chi connectivity index (χ0n) is 11.6. The van der Waals surface area contributed by atoms with E-state index in [0.29, 0.717) is 0 Å². The van der Waals surface area contributed by atoms with Gasteiger partial charge >= 0.3 is 12.0 Å². The monoisotopic (exact) mass is 296 g/mol. The summed E-state index contributed by atoms with van der Waals surface area (Å²) in [4.78, 5) is 22.5. The molecule has 21 heavy (non-hydrogen) atoms. The third kappa shape index (κ3) is 3.69. The number of amides is 2. The summed E-state index contributed by atoms with van der Waals surface area (Å²) in [5.74, 6) is -2.24. The predicted octanol–water partition coefficient (Wildman–Crippen LogP) is 2.21. The zero-order valence-corrected chi connectivity index (χ0v) is 11.6. The van der Waals surface area contributed by atoms with E-state index in [1.165, 1.54) is 6.07 Å². The van der Waals surface area contributed by atoms with Crippen molar-refractivity contribution in [3.05, 3.63) is 29.6 Å². The summed E-state index contributed by atoms with van der Waals surface area (Å²) in [5.41, 5.74) is -0.238. The average Bonchev–Trinajstić information content (AvgIpc) is 2.85. The number of urea groups is 1. The van der Waals surface area contributed by atoms with E-state index in [9.17, 15) is 14.0 Å².